The van der Waals surface area contributed by atoms with E-state index >= 15 is 0 Å². The largest absolute Gasteiger partial charge is 0.343 e. The van der Waals surface area contributed by atoms with E-state index in [9.17, 15) is 9.59 Å². The molecule has 0 aromatic heterocycles. The Morgan fingerprint density at radius 3 is 2.94 bits per heavy atom. The van der Waals surface area contributed by atoms with Crippen LogP contribution in [0, 0.1) is 0 Å². The third-order valence-electron chi connectivity index (χ3n) is 2.36. The van der Waals surface area contributed by atoms with Crippen LogP contribution in [0.15, 0.2) is 18.2 Å². The maximum Gasteiger partial charge on any atom is 0.247 e. The zero-order valence-electron chi connectivity index (χ0n) is 9.20. The van der Waals surface area contributed by atoms with Gasteiger partial charge >= 0.3 is 0 Å². The zero-order valence-corrected chi connectivity index (χ0v) is 11.5. The van der Waals surface area contributed by atoms with Crippen LogP contribution in [0.4, 0.5) is 5.69 Å². The standard InChI is InChI=1S/C11H10Cl2N2O2S/c12-6-1-2-7(13)8(3-6)15-11(17)9-4-18-5-10(16)14-9/h1-3,9H,4-5H2,(H,14,16)(H,15,17). The highest BCUT2D eigenvalue weighted by molar-refractivity contribution is 8.00. The molecule has 0 saturated carbocycles. The lowest BCUT2D eigenvalue weighted by Gasteiger charge is -2.22. The van der Waals surface area contributed by atoms with Crippen LogP contribution in [0.1, 0.15) is 0 Å². The second kappa shape index (κ2) is 5.82. The van der Waals surface area contributed by atoms with Gasteiger partial charge in [-0.15, -0.1) is 11.8 Å². The Morgan fingerprint density at radius 1 is 1.44 bits per heavy atom. The molecule has 96 valence electrons. The van der Waals surface area contributed by atoms with Crippen LogP contribution in [0.25, 0.3) is 0 Å². The lowest BCUT2D eigenvalue weighted by molar-refractivity contribution is -0.124. The average Bonchev–Trinajstić information content (AvgIpc) is 2.34. The van der Waals surface area contributed by atoms with Crippen LogP contribution in [-0.2, 0) is 9.59 Å². The molecule has 1 atom stereocenters. The minimum Gasteiger partial charge on any atom is -0.343 e. The molecule has 1 saturated heterocycles. The predicted molar refractivity (Wildman–Crippen MR) is 74.3 cm³/mol. The van der Waals surface area contributed by atoms with Gasteiger partial charge in [-0.2, -0.15) is 0 Å². The Balaban J connectivity index is 2.06. The van der Waals surface area contributed by atoms with Gasteiger partial charge in [0.05, 0.1) is 16.5 Å². The molecule has 2 amide bonds. The Bertz CT molecular complexity index is 496. The van der Waals surface area contributed by atoms with Crippen molar-refractivity contribution < 1.29 is 9.59 Å². The van der Waals surface area contributed by atoms with Gasteiger partial charge in [0.1, 0.15) is 6.04 Å². The van der Waals surface area contributed by atoms with E-state index in [0.717, 1.165) is 0 Å². The molecule has 7 heteroatoms. The quantitative estimate of drug-likeness (QED) is 0.880. The number of carbonyl (C=O) groups excluding carboxylic acids is 2. The summed E-state index contributed by atoms with van der Waals surface area (Å²) in [5, 5.41) is 6.17. The van der Waals surface area contributed by atoms with Crippen LogP contribution in [-0.4, -0.2) is 29.4 Å². The van der Waals surface area contributed by atoms with Crippen molar-refractivity contribution in [3.63, 3.8) is 0 Å². The highest BCUT2D eigenvalue weighted by Gasteiger charge is 2.25. The molecule has 0 spiro atoms. The molecule has 1 aliphatic heterocycles. The van der Waals surface area contributed by atoms with E-state index in [1.54, 1.807) is 18.2 Å². The summed E-state index contributed by atoms with van der Waals surface area (Å²) in [4.78, 5) is 23.1. The van der Waals surface area contributed by atoms with E-state index in [0.29, 0.717) is 27.2 Å². The molecule has 1 heterocycles. The fraction of sp³-hybridized carbons (Fsp3) is 0.273. The second-order valence-corrected chi connectivity index (χ2v) is 5.62. The summed E-state index contributed by atoms with van der Waals surface area (Å²) in [6, 6.07) is 4.27. The minimum atomic E-state index is -0.536. The Labute approximate surface area is 118 Å². The van der Waals surface area contributed by atoms with Gasteiger partial charge in [-0.1, -0.05) is 23.2 Å². The third kappa shape index (κ3) is 3.31. The van der Waals surface area contributed by atoms with Gasteiger partial charge in [0, 0.05) is 10.8 Å². The summed E-state index contributed by atoms with van der Waals surface area (Å²) in [7, 11) is 0. The summed E-state index contributed by atoms with van der Waals surface area (Å²) in [5.74, 6) is 0.514. The molecule has 0 radical (unpaired) electrons. The molecule has 0 aliphatic carbocycles. The number of amides is 2. The Morgan fingerprint density at radius 2 is 2.22 bits per heavy atom. The third-order valence-corrected chi connectivity index (χ3v) is 3.96. The fourth-order valence-electron chi connectivity index (χ4n) is 1.50. The number of rotatable bonds is 2. The number of halogens is 2. The Kier molecular flexibility index (Phi) is 4.37. The smallest absolute Gasteiger partial charge is 0.247 e. The summed E-state index contributed by atoms with van der Waals surface area (Å²) >= 11 is 13.2. The lowest BCUT2D eigenvalue weighted by atomic mass is 10.2. The fourth-order valence-corrected chi connectivity index (χ4v) is 2.70. The summed E-state index contributed by atoms with van der Waals surface area (Å²) in [6.45, 7) is 0. The Hall–Kier alpha value is -0.910. The number of nitrogens with one attached hydrogen (secondary N) is 2. The molecular formula is C11H10Cl2N2O2S. The highest BCUT2D eigenvalue weighted by atomic mass is 35.5. The molecule has 1 aromatic carbocycles. The normalized spacial score (nSPS) is 19.2. The van der Waals surface area contributed by atoms with Crippen LogP contribution < -0.4 is 10.6 Å². The first-order valence-electron chi connectivity index (χ1n) is 5.19. The first kappa shape index (κ1) is 13.5. The summed E-state index contributed by atoms with van der Waals surface area (Å²) in [6.07, 6.45) is 0. The van der Waals surface area contributed by atoms with Crippen molar-refractivity contribution in [3.05, 3.63) is 28.2 Å². The minimum absolute atomic E-state index is 0.136. The average molecular weight is 305 g/mol. The molecule has 1 fully saturated rings. The van der Waals surface area contributed by atoms with Crippen molar-refractivity contribution in [1.29, 1.82) is 0 Å². The van der Waals surface area contributed by atoms with Crippen LogP contribution in [0.3, 0.4) is 0 Å². The maximum atomic E-state index is 11.9. The van der Waals surface area contributed by atoms with Gasteiger partial charge in [-0.05, 0) is 18.2 Å². The van der Waals surface area contributed by atoms with Crippen molar-refractivity contribution in [1.82, 2.24) is 5.32 Å². The van der Waals surface area contributed by atoms with Crippen LogP contribution >= 0.6 is 35.0 Å². The summed E-state index contributed by atoms with van der Waals surface area (Å²) in [5.41, 5.74) is 0.444. The monoisotopic (exact) mass is 304 g/mol. The number of hydrogen-bond acceptors (Lipinski definition) is 3. The van der Waals surface area contributed by atoms with Crippen molar-refractivity contribution >= 4 is 52.5 Å². The first-order chi connectivity index (χ1) is 8.56. The molecular weight excluding hydrogens is 295 g/mol. The van der Waals surface area contributed by atoms with Gasteiger partial charge in [0.25, 0.3) is 0 Å². The number of thioether (sulfide) groups is 1. The van der Waals surface area contributed by atoms with Gasteiger partial charge < -0.3 is 10.6 Å². The van der Waals surface area contributed by atoms with E-state index in [2.05, 4.69) is 10.6 Å². The molecule has 1 aliphatic rings. The van der Waals surface area contributed by atoms with E-state index in [1.165, 1.54) is 11.8 Å². The molecule has 1 unspecified atom stereocenters. The number of anilines is 1. The van der Waals surface area contributed by atoms with Crippen molar-refractivity contribution in [2.45, 2.75) is 6.04 Å². The molecule has 2 N–H and O–H groups in total. The molecule has 0 bridgehead atoms. The van der Waals surface area contributed by atoms with Crippen LogP contribution in [0.5, 0.6) is 0 Å². The van der Waals surface area contributed by atoms with E-state index in [-0.39, 0.29) is 11.8 Å². The zero-order chi connectivity index (χ0) is 13.1. The first-order valence-corrected chi connectivity index (χ1v) is 7.10. The van der Waals surface area contributed by atoms with E-state index in [1.807, 2.05) is 0 Å². The van der Waals surface area contributed by atoms with Crippen LogP contribution in [0.2, 0.25) is 10.0 Å². The van der Waals surface area contributed by atoms with Crippen molar-refractivity contribution in [2.75, 3.05) is 16.8 Å². The topological polar surface area (TPSA) is 58.2 Å². The van der Waals surface area contributed by atoms with E-state index in [4.69, 9.17) is 23.2 Å². The molecule has 1 aromatic rings. The second-order valence-electron chi connectivity index (χ2n) is 3.75. The summed E-state index contributed by atoms with van der Waals surface area (Å²) < 4.78 is 0. The predicted octanol–water partition coefficient (Wildman–Crippen LogP) is 2.16. The molecule has 4 nitrogen and oxygen atoms in total. The highest BCUT2D eigenvalue weighted by Crippen LogP contribution is 2.25. The molecule has 18 heavy (non-hydrogen) atoms. The van der Waals surface area contributed by atoms with Crippen molar-refractivity contribution in [3.8, 4) is 0 Å². The number of hydrogen-bond donors (Lipinski definition) is 2. The van der Waals surface area contributed by atoms with E-state index < -0.39 is 6.04 Å². The SMILES string of the molecule is O=C1CSCC(C(=O)Nc2cc(Cl)ccc2Cl)N1. The van der Waals surface area contributed by atoms with Gasteiger partial charge in [-0.25, -0.2) is 0 Å². The van der Waals surface area contributed by atoms with Gasteiger partial charge in [0.15, 0.2) is 0 Å². The molecule has 2 rings (SSSR count). The number of benzene rings is 1. The number of carbonyl (C=O) groups is 2. The van der Waals surface area contributed by atoms with Gasteiger partial charge in [0.2, 0.25) is 11.8 Å². The maximum absolute atomic E-state index is 11.9. The van der Waals surface area contributed by atoms with Gasteiger partial charge in [-0.3, -0.25) is 9.59 Å². The van der Waals surface area contributed by atoms with Crippen molar-refractivity contribution in [2.24, 2.45) is 0 Å². The lowest BCUT2D eigenvalue weighted by Crippen LogP contribution is -2.49.